The minimum absolute atomic E-state index is 0.198. The van der Waals surface area contributed by atoms with Gasteiger partial charge in [0.25, 0.3) is 0 Å². The maximum absolute atomic E-state index is 11.4. The van der Waals surface area contributed by atoms with Crippen molar-refractivity contribution in [2.45, 2.75) is 0 Å². The third-order valence-electron chi connectivity index (χ3n) is 2.79. The Kier molecular flexibility index (Phi) is 2.83. The van der Waals surface area contributed by atoms with Crippen LogP contribution in [0.2, 0.25) is 0 Å². The molecular weight excluding hydrogens is 310 g/mol. The predicted octanol–water partition coefficient (Wildman–Crippen LogP) is 3.96. The van der Waals surface area contributed by atoms with Crippen molar-refractivity contribution in [3.8, 4) is 11.5 Å². The molecule has 0 amide bonds. The van der Waals surface area contributed by atoms with Crippen LogP contribution in [0.5, 0.6) is 0 Å². The number of nitrogens with zero attached hydrogens (tertiary/aromatic N) is 1. The third kappa shape index (κ3) is 2.02. The molecule has 1 aromatic carbocycles. The lowest BCUT2D eigenvalue weighted by molar-refractivity contribution is 0.0699. The van der Waals surface area contributed by atoms with Gasteiger partial charge < -0.3 is 9.52 Å². The molecule has 0 unspecified atom stereocenters. The molecule has 4 nitrogen and oxygen atoms in total. The molecule has 0 aliphatic heterocycles. The van der Waals surface area contributed by atoms with Crippen LogP contribution in [0.4, 0.5) is 0 Å². The monoisotopic (exact) mass is 317 g/mol. The molecule has 0 bridgehead atoms. The summed E-state index contributed by atoms with van der Waals surface area (Å²) in [5.74, 6) is -0.448. The third-order valence-corrected chi connectivity index (χ3v) is 3.45. The number of benzene rings is 1. The zero-order chi connectivity index (χ0) is 13.4. The van der Waals surface area contributed by atoms with Crippen LogP contribution in [0.15, 0.2) is 51.6 Å². The van der Waals surface area contributed by atoms with E-state index in [-0.39, 0.29) is 5.56 Å². The number of rotatable bonds is 2. The molecule has 2 heterocycles. The van der Waals surface area contributed by atoms with Crippen molar-refractivity contribution >= 4 is 32.8 Å². The summed E-state index contributed by atoms with van der Waals surface area (Å²) in [6, 6.07) is 10.4. The number of hydrogen-bond donors (Lipinski definition) is 1. The fraction of sp³-hybridized carbons (Fsp3) is 0. The van der Waals surface area contributed by atoms with Crippen molar-refractivity contribution < 1.29 is 14.3 Å². The molecule has 5 heteroatoms. The summed E-state index contributed by atoms with van der Waals surface area (Å²) in [7, 11) is 0. The van der Waals surface area contributed by atoms with Gasteiger partial charge >= 0.3 is 5.97 Å². The molecule has 0 atom stereocenters. The van der Waals surface area contributed by atoms with Crippen LogP contribution in [-0.2, 0) is 0 Å². The van der Waals surface area contributed by atoms with Crippen LogP contribution in [0.3, 0.4) is 0 Å². The summed E-state index contributed by atoms with van der Waals surface area (Å²) >= 11 is 3.36. The minimum Gasteiger partial charge on any atom is -0.478 e. The topological polar surface area (TPSA) is 63.3 Å². The van der Waals surface area contributed by atoms with Crippen LogP contribution < -0.4 is 0 Å². The number of hydrogen-bond acceptors (Lipinski definition) is 3. The van der Waals surface area contributed by atoms with E-state index in [0.717, 1.165) is 0 Å². The van der Waals surface area contributed by atoms with E-state index in [0.29, 0.717) is 26.8 Å². The van der Waals surface area contributed by atoms with E-state index in [1.165, 1.54) is 12.3 Å². The van der Waals surface area contributed by atoms with Crippen molar-refractivity contribution in [1.29, 1.82) is 0 Å². The van der Waals surface area contributed by atoms with E-state index in [1.807, 2.05) is 6.07 Å². The van der Waals surface area contributed by atoms with E-state index in [2.05, 4.69) is 20.9 Å². The van der Waals surface area contributed by atoms with Crippen LogP contribution >= 0.6 is 15.9 Å². The van der Waals surface area contributed by atoms with Gasteiger partial charge in [0.1, 0.15) is 5.69 Å². The number of furan rings is 1. The largest absolute Gasteiger partial charge is 0.478 e. The van der Waals surface area contributed by atoms with Gasteiger partial charge in [-0.15, -0.1) is 0 Å². The van der Waals surface area contributed by atoms with Crippen molar-refractivity contribution in [3.05, 3.63) is 52.7 Å². The second-order valence-corrected chi connectivity index (χ2v) is 4.83. The second-order valence-electron chi connectivity index (χ2n) is 3.97. The van der Waals surface area contributed by atoms with Crippen LogP contribution in [0.25, 0.3) is 22.4 Å². The Labute approximate surface area is 116 Å². The molecule has 19 heavy (non-hydrogen) atoms. The van der Waals surface area contributed by atoms with Gasteiger partial charge in [0.05, 0.1) is 17.3 Å². The van der Waals surface area contributed by atoms with Crippen molar-refractivity contribution in [2.24, 2.45) is 0 Å². The standard InChI is InChI=1S/C14H8BrNO3/c15-9-3-1-4-10-13(9)8(14(17)18)7-11(16-10)12-5-2-6-19-12/h1-7H,(H,17,18). The van der Waals surface area contributed by atoms with Crippen molar-refractivity contribution in [3.63, 3.8) is 0 Å². The predicted molar refractivity (Wildman–Crippen MR) is 74.1 cm³/mol. The van der Waals surface area contributed by atoms with Gasteiger partial charge in [-0.25, -0.2) is 9.78 Å². The number of halogens is 1. The molecule has 3 aromatic rings. The molecular formula is C14H8BrNO3. The molecule has 3 rings (SSSR count). The fourth-order valence-electron chi connectivity index (χ4n) is 1.96. The number of carbonyl (C=O) groups is 1. The van der Waals surface area contributed by atoms with Crippen LogP contribution in [0.1, 0.15) is 10.4 Å². The molecule has 0 aliphatic carbocycles. The van der Waals surface area contributed by atoms with Gasteiger partial charge in [-0.3, -0.25) is 0 Å². The van der Waals surface area contributed by atoms with Gasteiger partial charge in [-0.1, -0.05) is 22.0 Å². The van der Waals surface area contributed by atoms with E-state index >= 15 is 0 Å². The highest BCUT2D eigenvalue weighted by atomic mass is 79.9. The fourth-order valence-corrected chi connectivity index (χ4v) is 2.53. The maximum atomic E-state index is 11.4. The van der Waals surface area contributed by atoms with Gasteiger partial charge in [0.15, 0.2) is 5.76 Å². The number of carboxylic acid groups (broad SMARTS) is 1. The number of aromatic carboxylic acids is 1. The number of fused-ring (bicyclic) bond motifs is 1. The van der Waals surface area contributed by atoms with Crippen LogP contribution in [0, 0.1) is 0 Å². The quantitative estimate of drug-likeness (QED) is 0.777. The Hall–Kier alpha value is -2.14. The molecule has 0 spiro atoms. The zero-order valence-corrected chi connectivity index (χ0v) is 11.2. The highest BCUT2D eigenvalue weighted by Crippen LogP contribution is 2.30. The number of aromatic nitrogens is 1. The average molecular weight is 318 g/mol. The molecule has 2 aromatic heterocycles. The van der Waals surface area contributed by atoms with Crippen molar-refractivity contribution in [2.75, 3.05) is 0 Å². The summed E-state index contributed by atoms with van der Waals surface area (Å²) in [6.45, 7) is 0. The summed E-state index contributed by atoms with van der Waals surface area (Å²) < 4.78 is 5.98. The summed E-state index contributed by atoms with van der Waals surface area (Å²) in [5, 5.41) is 9.94. The smallest absolute Gasteiger partial charge is 0.336 e. The van der Waals surface area contributed by atoms with Gasteiger partial charge in [-0.2, -0.15) is 0 Å². The van der Waals surface area contributed by atoms with E-state index in [4.69, 9.17) is 4.42 Å². The normalized spacial score (nSPS) is 10.8. The van der Waals surface area contributed by atoms with Gasteiger partial charge in [0.2, 0.25) is 0 Å². The first-order valence-corrected chi connectivity index (χ1v) is 6.32. The summed E-state index contributed by atoms with van der Waals surface area (Å²) in [5.41, 5.74) is 1.32. The molecule has 1 N–H and O–H groups in total. The molecule has 0 saturated carbocycles. The first-order valence-electron chi connectivity index (χ1n) is 5.53. The molecule has 0 fully saturated rings. The molecule has 0 saturated heterocycles. The average Bonchev–Trinajstić information content (AvgIpc) is 2.91. The minimum atomic E-state index is -0.993. The lowest BCUT2D eigenvalue weighted by Gasteiger charge is -2.06. The van der Waals surface area contributed by atoms with Crippen LogP contribution in [-0.4, -0.2) is 16.1 Å². The maximum Gasteiger partial charge on any atom is 0.336 e. The molecule has 0 aliphatic rings. The first-order chi connectivity index (χ1) is 9.16. The van der Waals surface area contributed by atoms with E-state index in [9.17, 15) is 9.90 Å². The lowest BCUT2D eigenvalue weighted by atomic mass is 10.1. The Morgan fingerprint density at radius 1 is 1.26 bits per heavy atom. The summed E-state index contributed by atoms with van der Waals surface area (Å²) in [6.07, 6.45) is 1.53. The lowest BCUT2D eigenvalue weighted by Crippen LogP contribution is -2.00. The SMILES string of the molecule is O=C(O)c1cc(-c2ccco2)nc2cccc(Br)c12. The number of carboxylic acids is 1. The highest BCUT2D eigenvalue weighted by molar-refractivity contribution is 9.10. The first kappa shape index (κ1) is 11.9. The summed E-state index contributed by atoms with van der Waals surface area (Å²) in [4.78, 5) is 15.8. The van der Waals surface area contributed by atoms with Gasteiger partial charge in [-0.05, 0) is 30.3 Å². The molecule has 94 valence electrons. The molecule has 0 radical (unpaired) electrons. The zero-order valence-electron chi connectivity index (χ0n) is 9.63. The Morgan fingerprint density at radius 2 is 2.11 bits per heavy atom. The Bertz CT molecular complexity index is 766. The second kappa shape index (κ2) is 4.51. The van der Waals surface area contributed by atoms with E-state index in [1.54, 1.807) is 24.3 Å². The Morgan fingerprint density at radius 3 is 2.79 bits per heavy atom. The Balaban J connectivity index is 2.38. The van der Waals surface area contributed by atoms with Crippen molar-refractivity contribution in [1.82, 2.24) is 4.98 Å². The van der Waals surface area contributed by atoms with E-state index < -0.39 is 5.97 Å². The number of pyridine rings is 1. The highest BCUT2D eigenvalue weighted by Gasteiger charge is 2.15. The van der Waals surface area contributed by atoms with Gasteiger partial charge in [0, 0.05) is 9.86 Å².